The second kappa shape index (κ2) is 6.06. The standard InChI is InChI=1S/C11H24N2O3/c1-10(2,3)16-9(14)13-7-6-12-8-11(4,5)15/h12,15H,6-8H2,1-5H3,(H,13,14). The number of aliphatic hydroxyl groups is 1. The molecule has 5 nitrogen and oxygen atoms in total. The number of ether oxygens (including phenoxy) is 1. The summed E-state index contributed by atoms with van der Waals surface area (Å²) in [6.07, 6.45) is -0.419. The van der Waals surface area contributed by atoms with Gasteiger partial charge in [0, 0.05) is 19.6 Å². The summed E-state index contributed by atoms with van der Waals surface area (Å²) in [5, 5.41) is 15.0. The van der Waals surface area contributed by atoms with Crippen LogP contribution in [0.4, 0.5) is 4.79 Å². The molecule has 0 spiro atoms. The third kappa shape index (κ3) is 11.3. The highest BCUT2D eigenvalue weighted by Crippen LogP contribution is 2.05. The van der Waals surface area contributed by atoms with E-state index >= 15 is 0 Å². The summed E-state index contributed by atoms with van der Waals surface area (Å²) in [7, 11) is 0. The molecule has 0 aliphatic heterocycles. The number of hydrogen-bond acceptors (Lipinski definition) is 4. The van der Waals surface area contributed by atoms with Gasteiger partial charge in [-0.25, -0.2) is 4.79 Å². The predicted octanol–water partition coefficient (Wildman–Crippen LogP) is 0.872. The first-order chi connectivity index (χ1) is 7.10. The van der Waals surface area contributed by atoms with E-state index in [0.717, 1.165) is 0 Å². The van der Waals surface area contributed by atoms with Gasteiger partial charge in [-0.1, -0.05) is 0 Å². The summed E-state index contributed by atoms with van der Waals surface area (Å²) in [4.78, 5) is 11.2. The Balaban J connectivity index is 3.50. The minimum Gasteiger partial charge on any atom is -0.444 e. The fourth-order valence-corrected chi connectivity index (χ4v) is 0.961. The van der Waals surface area contributed by atoms with E-state index in [2.05, 4.69) is 10.6 Å². The fourth-order valence-electron chi connectivity index (χ4n) is 0.961. The van der Waals surface area contributed by atoms with Crippen molar-refractivity contribution in [3.05, 3.63) is 0 Å². The SMILES string of the molecule is CC(C)(O)CNCCNC(=O)OC(C)(C)C. The van der Waals surface area contributed by atoms with Crippen LogP contribution in [0.25, 0.3) is 0 Å². The summed E-state index contributed by atoms with van der Waals surface area (Å²) in [5.41, 5.74) is -1.20. The first-order valence-corrected chi connectivity index (χ1v) is 5.50. The van der Waals surface area contributed by atoms with Crippen LogP contribution < -0.4 is 10.6 Å². The Morgan fingerprint density at radius 3 is 2.19 bits per heavy atom. The average Bonchev–Trinajstić information content (AvgIpc) is 1.97. The molecule has 0 aromatic heterocycles. The van der Waals surface area contributed by atoms with E-state index in [-0.39, 0.29) is 0 Å². The second-order valence-corrected chi connectivity index (χ2v) is 5.42. The third-order valence-corrected chi connectivity index (χ3v) is 1.53. The summed E-state index contributed by atoms with van der Waals surface area (Å²) >= 11 is 0. The Bertz CT molecular complexity index is 216. The Kier molecular flexibility index (Phi) is 5.75. The first-order valence-electron chi connectivity index (χ1n) is 5.50. The molecule has 0 rings (SSSR count). The van der Waals surface area contributed by atoms with Crippen LogP contribution in [0.5, 0.6) is 0 Å². The largest absolute Gasteiger partial charge is 0.444 e. The molecule has 0 radical (unpaired) electrons. The molecular formula is C11H24N2O3. The van der Waals surface area contributed by atoms with Crippen molar-refractivity contribution < 1.29 is 14.6 Å². The molecule has 0 aliphatic carbocycles. The fraction of sp³-hybridized carbons (Fsp3) is 0.909. The maximum atomic E-state index is 11.2. The smallest absolute Gasteiger partial charge is 0.407 e. The minimum atomic E-state index is -0.730. The van der Waals surface area contributed by atoms with Crippen molar-refractivity contribution in [1.82, 2.24) is 10.6 Å². The highest BCUT2D eigenvalue weighted by molar-refractivity contribution is 5.67. The molecule has 0 atom stereocenters. The number of alkyl carbamates (subject to hydrolysis) is 1. The van der Waals surface area contributed by atoms with Gasteiger partial charge in [0.1, 0.15) is 5.60 Å². The lowest BCUT2D eigenvalue weighted by atomic mass is 10.1. The molecule has 0 aromatic carbocycles. The Hall–Kier alpha value is -0.810. The zero-order valence-electron chi connectivity index (χ0n) is 10.9. The highest BCUT2D eigenvalue weighted by atomic mass is 16.6. The number of rotatable bonds is 5. The molecule has 0 saturated heterocycles. The number of carbonyl (C=O) groups is 1. The molecule has 16 heavy (non-hydrogen) atoms. The second-order valence-electron chi connectivity index (χ2n) is 5.42. The van der Waals surface area contributed by atoms with Crippen LogP contribution in [-0.4, -0.2) is 42.0 Å². The van der Waals surface area contributed by atoms with E-state index < -0.39 is 17.3 Å². The molecule has 0 aliphatic rings. The average molecular weight is 232 g/mol. The van der Waals surface area contributed by atoms with E-state index in [1.54, 1.807) is 13.8 Å². The van der Waals surface area contributed by atoms with Crippen LogP contribution in [0, 0.1) is 0 Å². The molecule has 1 amide bonds. The van der Waals surface area contributed by atoms with Crippen LogP contribution in [0.2, 0.25) is 0 Å². The van der Waals surface area contributed by atoms with Gasteiger partial charge >= 0.3 is 6.09 Å². The molecule has 0 aromatic rings. The van der Waals surface area contributed by atoms with Crippen LogP contribution >= 0.6 is 0 Å². The number of carbonyl (C=O) groups excluding carboxylic acids is 1. The molecule has 0 saturated carbocycles. The summed E-state index contributed by atoms with van der Waals surface area (Å²) in [6, 6.07) is 0. The molecule has 3 N–H and O–H groups in total. The van der Waals surface area contributed by atoms with Gasteiger partial charge in [-0.2, -0.15) is 0 Å². The Labute approximate surface area is 97.6 Å². The van der Waals surface area contributed by atoms with Crippen LogP contribution in [0.1, 0.15) is 34.6 Å². The van der Waals surface area contributed by atoms with Gasteiger partial charge < -0.3 is 20.5 Å². The van der Waals surface area contributed by atoms with Gasteiger partial charge in [0.05, 0.1) is 5.60 Å². The lowest BCUT2D eigenvalue weighted by Crippen LogP contribution is -2.40. The van der Waals surface area contributed by atoms with Gasteiger partial charge in [0.15, 0.2) is 0 Å². The molecular weight excluding hydrogens is 208 g/mol. The summed E-state index contributed by atoms with van der Waals surface area (Å²) in [5.74, 6) is 0. The predicted molar refractivity (Wildman–Crippen MR) is 63.4 cm³/mol. The molecule has 5 heteroatoms. The van der Waals surface area contributed by atoms with E-state index in [1.165, 1.54) is 0 Å². The van der Waals surface area contributed by atoms with E-state index in [0.29, 0.717) is 19.6 Å². The lowest BCUT2D eigenvalue weighted by molar-refractivity contribution is 0.0526. The number of nitrogens with one attached hydrogen (secondary N) is 2. The van der Waals surface area contributed by atoms with Crippen LogP contribution in [-0.2, 0) is 4.74 Å². The molecule has 0 bridgehead atoms. The van der Waals surface area contributed by atoms with Crippen molar-refractivity contribution in [3.8, 4) is 0 Å². The number of amides is 1. The monoisotopic (exact) mass is 232 g/mol. The summed E-state index contributed by atoms with van der Waals surface area (Å²) < 4.78 is 5.06. The zero-order chi connectivity index (χ0) is 12.8. The quantitative estimate of drug-likeness (QED) is 0.615. The zero-order valence-corrected chi connectivity index (χ0v) is 10.9. The maximum absolute atomic E-state index is 11.2. The van der Waals surface area contributed by atoms with E-state index in [1.807, 2.05) is 20.8 Å². The van der Waals surface area contributed by atoms with Crippen molar-refractivity contribution in [2.75, 3.05) is 19.6 Å². The van der Waals surface area contributed by atoms with Gasteiger partial charge in [-0.15, -0.1) is 0 Å². The molecule has 0 fully saturated rings. The van der Waals surface area contributed by atoms with E-state index in [4.69, 9.17) is 4.74 Å². The highest BCUT2D eigenvalue weighted by Gasteiger charge is 2.15. The normalized spacial score (nSPS) is 12.4. The van der Waals surface area contributed by atoms with Crippen LogP contribution in [0.15, 0.2) is 0 Å². The molecule has 96 valence electrons. The lowest BCUT2D eigenvalue weighted by Gasteiger charge is -2.20. The van der Waals surface area contributed by atoms with Crippen molar-refractivity contribution in [1.29, 1.82) is 0 Å². The maximum Gasteiger partial charge on any atom is 0.407 e. The van der Waals surface area contributed by atoms with Crippen molar-refractivity contribution in [3.63, 3.8) is 0 Å². The third-order valence-electron chi connectivity index (χ3n) is 1.53. The summed E-state index contributed by atoms with van der Waals surface area (Å²) in [6.45, 7) is 10.5. The van der Waals surface area contributed by atoms with Crippen molar-refractivity contribution in [2.45, 2.75) is 45.8 Å². The Morgan fingerprint density at radius 1 is 1.19 bits per heavy atom. The molecule has 0 unspecified atom stereocenters. The van der Waals surface area contributed by atoms with Crippen molar-refractivity contribution >= 4 is 6.09 Å². The van der Waals surface area contributed by atoms with Crippen LogP contribution in [0.3, 0.4) is 0 Å². The van der Waals surface area contributed by atoms with Gasteiger partial charge in [0.2, 0.25) is 0 Å². The minimum absolute atomic E-state index is 0.419. The van der Waals surface area contributed by atoms with E-state index in [9.17, 15) is 9.90 Å². The van der Waals surface area contributed by atoms with Gasteiger partial charge in [0.25, 0.3) is 0 Å². The van der Waals surface area contributed by atoms with Crippen molar-refractivity contribution in [2.24, 2.45) is 0 Å². The van der Waals surface area contributed by atoms with Gasteiger partial charge in [-0.05, 0) is 34.6 Å². The molecule has 0 heterocycles. The first kappa shape index (κ1) is 15.2. The topological polar surface area (TPSA) is 70.6 Å². The Morgan fingerprint density at radius 2 is 1.75 bits per heavy atom. The number of hydrogen-bond donors (Lipinski definition) is 3. The van der Waals surface area contributed by atoms with Gasteiger partial charge in [-0.3, -0.25) is 0 Å².